The third kappa shape index (κ3) is 3.32. The van der Waals surface area contributed by atoms with Gasteiger partial charge in [-0.2, -0.15) is 10.5 Å². The molecule has 0 N–H and O–H groups in total. The lowest BCUT2D eigenvalue weighted by Gasteiger charge is -2.14. The maximum Gasteiger partial charge on any atom is 0.416 e. The number of ether oxygens (including phenoxy) is 1. The molecular formula is C11H9N3O2. The third-order valence-corrected chi connectivity index (χ3v) is 1.73. The zero-order chi connectivity index (χ0) is 11.8. The summed E-state index contributed by atoms with van der Waals surface area (Å²) in [6.45, 7) is -0.335. The van der Waals surface area contributed by atoms with Crippen molar-refractivity contribution in [2.75, 3.05) is 13.1 Å². The van der Waals surface area contributed by atoms with Gasteiger partial charge < -0.3 is 4.74 Å². The molecule has 1 rings (SSSR count). The minimum absolute atomic E-state index is 0.167. The van der Waals surface area contributed by atoms with Gasteiger partial charge in [0.2, 0.25) is 0 Å². The summed E-state index contributed by atoms with van der Waals surface area (Å²) in [6, 6.07) is 12.1. The van der Waals surface area contributed by atoms with E-state index in [0.717, 1.165) is 4.90 Å². The molecule has 0 aliphatic heterocycles. The van der Waals surface area contributed by atoms with Gasteiger partial charge in [0.1, 0.15) is 18.8 Å². The summed E-state index contributed by atoms with van der Waals surface area (Å²) in [6.07, 6.45) is -0.700. The molecule has 0 saturated heterocycles. The molecule has 1 aromatic rings. The fraction of sp³-hybridized carbons (Fsp3) is 0.182. The maximum atomic E-state index is 11.5. The monoisotopic (exact) mass is 215 g/mol. The summed E-state index contributed by atoms with van der Waals surface area (Å²) < 4.78 is 4.97. The number of para-hydroxylation sites is 1. The topological polar surface area (TPSA) is 77.1 Å². The molecule has 0 heterocycles. The number of hydrogen-bond acceptors (Lipinski definition) is 4. The molecule has 0 aliphatic rings. The van der Waals surface area contributed by atoms with Crippen LogP contribution in [0, 0.1) is 22.7 Å². The van der Waals surface area contributed by atoms with E-state index in [0.29, 0.717) is 5.75 Å². The van der Waals surface area contributed by atoms with E-state index in [4.69, 9.17) is 15.3 Å². The number of carbonyl (C=O) groups excluding carboxylic acids is 1. The van der Waals surface area contributed by atoms with E-state index >= 15 is 0 Å². The lowest BCUT2D eigenvalue weighted by molar-refractivity contribution is 0.163. The minimum atomic E-state index is -0.700. The van der Waals surface area contributed by atoms with Crippen molar-refractivity contribution in [3.63, 3.8) is 0 Å². The number of amides is 1. The van der Waals surface area contributed by atoms with E-state index in [1.165, 1.54) is 0 Å². The molecule has 0 atom stereocenters. The van der Waals surface area contributed by atoms with Crippen LogP contribution in [0.3, 0.4) is 0 Å². The lowest BCUT2D eigenvalue weighted by Crippen LogP contribution is -2.34. The highest BCUT2D eigenvalue weighted by Crippen LogP contribution is 2.09. The van der Waals surface area contributed by atoms with Gasteiger partial charge in [-0.15, -0.1) is 0 Å². The van der Waals surface area contributed by atoms with E-state index in [9.17, 15) is 4.79 Å². The summed E-state index contributed by atoms with van der Waals surface area (Å²) in [4.78, 5) is 12.5. The molecule has 0 fully saturated rings. The molecule has 80 valence electrons. The van der Waals surface area contributed by atoms with Crippen molar-refractivity contribution in [2.45, 2.75) is 0 Å². The number of hydrogen-bond donors (Lipinski definition) is 0. The fourth-order valence-electron chi connectivity index (χ4n) is 1.01. The molecule has 0 aromatic heterocycles. The van der Waals surface area contributed by atoms with Crippen LogP contribution in [-0.4, -0.2) is 24.1 Å². The molecule has 0 radical (unpaired) electrons. The highest BCUT2D eigenvalue weighted by Gasteiger charge is 2.14. The maximum absolute atomic E-state index is 11.5. The quantitative estimate of drug-likeness (QED) is 0.716. The largest absolute Gasteiger partial charge is 0.416 e. The second-order valence-electron chi connectivity index (χ2n) is 2.85. The smallest absolute Gasteiger partial charge is 0.410 e. The molecule has 16 heavy (non-hydrogen) atoms. The van der Waals surface area contributed by atoms with Crippen LogP contribution in [0.4, 0.5) is 4.79 Å². The number of nitrogens with zero attached hydrogens (tertiary/aromatic N) is 3. The summed E-state index contributed by atoms with van der Waals surface area (Å²) in [5, 5.41) is 16.9. The van der Waals surface area contributed by atoms with E-state index in [2.05, 4.69) is 0 Å². The first kappa shape index (κ1) is 11.5. The average Bonchev–Trinajstić information content (AvgIpc) is 2.30. The Balaban J connectivity index is 2.63. The molecule has 1 amide bonds. The number of nitriles is 2. The van der Waals surface area contributed by atoms with Crippen LogP contribution in [0.25, 0.3) is 0 Å². The van der Waals surface area contributed by atoms with Gasteiger partial charge >= 0.3 is 6.09 Å². The molecule has 5 heteroatoms. The Morgan fingerprint density at radius 1 is 1.19 bits per heavy atom. The van der Waals surface area contributed by atoms with Crippen LogP contribution < -0.4 is 4.74 Å². The third-order valence-electron chi connectivity index (χ3n) is 1.73. The molecule has 0 unspecified atom stereocenters. The Morgan fingerprint density at radius 3 is 2.25 bits per heavy atom. The molecule has 0 saturated carbocycles. The molecular weight excluding hydrogens is 206 g/mol. The van der Waals surface area contributed by atoms with Crippen molar-refractivity contribution in [1.82, 2.24) is 4.90 Å². The van der Waals surface area contributed by atoms with Crippen molar-refractivity contribution >= 4 is 6.09 Å². The predicted octanol–water partition coefficient (Wildman–Crippen LogP) is 1.53. The first-order chi connectivity index (χ1) is 7.77. The minimum Gasteiger partial charge on any atom is -0.410 e. The van der Waals surface area contributed by atoms with Gasteiger partial charge in [0.15, 0.2) is 0 Å². The van der Waals surface area contributed by atoms with E-state index in [-0.39, 0.29) is 13.1 Å². The Morgan fingerprint density at radius 2 is 1.75 bits per heavy atom. The zero-order valence-electron chi connectivity index (χ0n) is 8.46. The summed E-state index contributed by atoms with van der Waals surface area (Å²) in [7, 11) is 0. The average molecular weight is 215 g/mol. The van der Waals surface area contributed by atoms with Gasteiger partial charge in [-0.3, -0.25) is 4.90 Å². The van der Waals surface area contributed by atoms with Crippen LogP contribution in [0.2, 0.25) is 0 Å². The molecule has 5 nitrogen and oxygen atoms in total. The van der Waals surface area contributed by atoms with Gasteiger partial charge in [-0.05, 0) is 12.1 Å². The molecule has 0 bridgehead atoms. The van der Waals surface area contributed by atoms with Crippen LogP contribution in [-0.2, 0) is 0 Å². The normalized spacial score (nSPS) is 8.62. The lowest BCUT2D eigenvalue weighted by atomic mass is 10.3. The van der Waals surface area contributed by atoms with Crippen LogP contribution in [0.5, 0.6) is 5.75 Å². The van der Waals surface area contributed by atoms with Gasteiger partial charge in [0.25, 0.3) is 0 Å². The van der Waals surface area contributed by atoms with Gasteiger partial charge in [-0.1, -0.05) is 18.2 Å². The number of rotatable bonds is 3. The second kappa shape index (κ2) is 6.05. The summed E-state index contributed by atoms with van der Waals surface area (Å²) in [5.74, 6) is 0.383. The second-order valence-corrected chi connectivity index (χ2v) is 2.85. The van der Waals surface area contributed by atoms with E-state index in [1.807, 2.05) is 0 Å². The SMILES string of the molecule is N#CCN(CC#N)C(=O)Oc1ccccc1. The number of carbonyl (C=O) groups is 1. The Labute approximate surface area is 93.1 Å². The molecule has 0 spiro atoms. The molecule has 1 aromatic carbocycles. The van der Waals surface area contributed by atoms with Gasteiger partial charge in [0, 0.05) is 0 Å². The van der Waals surface area contributed by atoms with Crippen molar-refractivity contribution in [2.24, 2.45) is 0 Å². The van der Waals surface area contributed by atoms with E-state index in [1.54, 1.807) is 42.5 Å². The van der Waals surface area contributed by atoms with Crippen molar-refractivity contribution in [1.29, 1.82) is 10.5 Å². The first-order valence-electron chi connectivity index (χ1n) is 4.53. The van der Waals surface area contributed by atoms with Gasteiger partial charge in [0.05, 0.1) is 12.1 Å². The van der Waals surface area contributed by atoms with Crippen LogP contribution in [0.1, 0.15) is 0 Å². The van der Waals surface area contributed by atoms with Crippen LogP contribution >= 0.6 is 0 Å². The summed E-state index contributed by atoms with van der Waals surface area (Å²) >= 11 is 0. The van der Waals surface area contributed by atoms with Crippen molar-refractivity contribution in [3.05, 3.63) is 30.3 Å². The van der Waals surface area contributed by atoms with Gasteiger partial charge in [-0.25, -0.2) is 4.79 Å². The highest BCUT2D eigenvalue weighted by molar-refractivity contribution is 5.71. The molecule has 0 aliphatic carbocycles. The van der Waals surface area contributed by atoms with Crippen molar-refractivity contribution in [3.8, 4) is 17.9 Å². The number of benzene rings is 1. The Hall–Kier alpha value is -2.53. The Kier molecular flexibility index (Phi) is 4.36. The highest BCUT2D eigenvalue weighted by atomic mass is 16.6. The standard InChI is InChI=1S/C11H9N3O2/c12-6-8-14(9-7-13)11(15)16-10-4-2-1-3-5-10/h1-5H,8-9H2. The van der Waals surface area contributed by atoms with E-state index < -0.39 is 6.09 Å². The zero-order valence-corrected chi connectivity index (χ0v) is 8.46. The first-order valence-corrected chi connectivity index (χ1v) is 4.53. The summed E-state index contributed by atoms with van der Waals surface area (Å²) in [5.41, 5.74) is 0. The van der Waals surface area contributed by atoms with Crippen molar-refractivity contribution < 1.29 is 9.53 Å². The predicted molar refractivity (Wildman–Crippen MR) is 55.3 cm³/mol. The fourth-order valence-corrected chi connectivity index (χ4v) is 1.01. The Bertz CT molecular complexity index is 415. The van der Waals surface area contributed by atoms with Crippen LogP contribution in [0.15, 0.2) is 30.3 Å².